The number of ether oxygens (including phenoxy) is 4. The van der Waals surface area contributed by atoms with Crippen molar-refractivity contribution < 1.29 is 33.0 Å². The molecule has 0 bridgehead atoms. The Morgan fingerprint density at radius 3 is 2.44 bits per heavy atom. The molecule has 1 fully saturated rings. The maximum Gasteiger partial charge on any atom is 0.341 e. The number of fused-ring (bicyclic) bond motifs is 2. The van der Waals surface area contributed by atoms with Crippen molar-refractivity contribution in [1.29, 1.82) is 0 Å². The molecule has 8 heteroatoms. The Bertz CT molecular complexity index is 1190. The summed E-state index contributed by atoms with van der Waals surface area (Å²) in [6, 6.07) is 6.21. The van der Waals surface area contributed by atoms with Crippen LogP contribution in [0.25, 0.3) is 11.0 Å². The molecular formula is C24H26O8. The summed E-state index contributed by atoms with van der Waals surface area (Å²) in [5.41, 5.74) is -1.34. The van der Waals surface area contributed by atoms with Gasteiger partial charge in [-0.1, -0.05) is 6.08 Å². The number of hydrogen-bond acceptors (Lipinski definition) is 8. The smallest absolute Gasteiger partial charge is 0.341 e. The first-order valence-electron chi connectivity index (χ1n) is 10.5. The third-order valence-corrected chi connectivity index (χ3v) is 6.16. The largest absolute Gasteiger partial charge is 0.483 e. The van der Waals surface area contributed by atoms with Gasteiger partial charge in [0.1, 0.15) is 16.9 Å². The zero-order valence-corrected chi connectivity index (χ0v) is 18.9. The lowest BCUT2D eigenvalue weighted by Crippen LogP contribution is -2.52. The fraction of sp³-hybridized carbons (Fsp3) is 0.458. The van der Waals surface area contributed by atoms with E-state index in [0.717, 1.165) is 0 Å². The van der Waals surface area contributed by atoms with Crippen LogP contribution in [0.2, 0.25) is 0 Å². The fourth-order valence-electron chi connectivity index (χ4n) is 3.73. The van der Waals surface area contributed by atoms with Crippen LogP contribution in [0.3, 0.4) is 0 Å². The van der Waals surface area contributed by atoms with Crippen molar-refractivity contribution in [3.63, 3.8) is 0 Å². The van der Waals surface area contributed by atoms with Gasteiger partial charge in [0.25, 0.3) is 0 Å². The van der Waals surface area contributed by atoms with Crippen molar-refractivity contribution in [3.05, 3.63) is 51.9 Å². The van der Waals surface area contributed by atoms with Gasteiger partial charge < -0.3 is 23.4 Å². The molecule has 1 aromatic carbocycles. The molecular weight excluding hydrogens is 416 g/mol. The Hall–Kier alpha value is -3.13. The second-order valence-electron chi connectivity index (χ2n) is 8.88. The van der Waals surface area contributed by atoms with E-state index < -0.39 is 41.0 Å². The molecule has 0 amide bonds. The summed E-state index contributed by atoms with van der Waals surface area (Å²) in [6.45, 7) is 10.3. The second kappa shape index (κ2) is 7.48. The Morgan fingerprint density at radius 2 is 1.81 bits per heavy atom. The van der Waals surface area contributed by atoms with E-state index in [9.17, 15) is 14.4 Å². The third-order valence-electron chi connectivity index (χ3n) is 6.16. The Labute approximate surface area is 185 Å². The highest BCUT2D eigenvalue weighted by Gasteiger charge is 2.59. The van der Waals surface area contributed by atoms with Crippen molar-refractivity contribution in [2.75, 3.05) is 0 Å². The maximum absolute atomic E-state index is 13.0. The van der Waals surface area contributed by atoms with Crippen LogP contribution in [0.15, 0.2) is 45.1 Å². The number of benzene rings is 1. The Balaban J connectivity index is 1.82. The number of allylic oxidation sites excluding steroid dienone is 1. The molecule has 8 nitrogen and oxygen atoms in total. The average molecular weight is 442 g/mol. The van der Waals surface area contributed by atoms with Gasteiger partial charge >= 0.3 is 17.6 Å². The number of esters is 2. The predicted molar refractivity (Wildman–Crippen MR) is 114 cm³/mol. The maximum atomic E-state index is 13.0. The van der Waals surface area contributed by atoms with Gasteiger partial charge in [0.2, 0.25) is 0 Å². The molecule has 32 heavy (non-hydrogen) atoms. The number of rotatable bonds is 4. The molecule has 1 aromatic heterocycles. The van der Waals surface area contributed by atoms with Crippen molar-refractivity contribution in [1.82, 2.24) is 0 Å². The number of hydrogen-bond donors (Lipinski definition) is 0. The summed E-state index contributed by atoms with van der Waals surface area (Å²) in [7, 11) is 0. The van der Waals surface area contributed by atoms with Crippen LogP contribution in [0.5, 0.6) is 5.75 Å². The Kier molecular flexibility index (Phi) is 5.16. The van der Waals surface area contributed by atoms with Gasteiger partial charge in [-0.2, -0.15) is 0 Å². The summed E-state index contributed by atoms with van der Waals surface area (Å²) in [5, 5.41) is 0.615. The predicted octanol–water partition coefficient (Wildman–Crippen LogP) is 3.60. The van der Waals surface area contributed by atoms with E-state index in [4.69, 9.17) is 23.4 Å². The van der Waals surface area contributed by atoms with Gasteiger partial charge in [0.05, 0.1) is 6.10 Å². The molecule has 2 aliphatic rings. The van der Waals surface area contributed by atoms with E-state index in [1.807, 2.05) is 0 Å². The average Bonchev–Trinajstić information content (AvgIpc) is 3.35. The molecule has 4 rings (SSSR count). The van der Waals surface area contributed by atoms with Crippen LogP contribution < -0.4 is 10.4 Å². The van der Waals surface area contributed by atoms with Gasteiger partial charge in [0.15, 0.2) is 17.8 Å². The van der Waals surface area contributed by atoms with E-state index in [1.165, 1.54) is 6.07 Å². The van der Waals surface area contributed by atoms with Gasteiger partial charge in [-0.15, -0.1) is 0 Å². The zero-order chi connectivity index (χ0) is 23.4. The van der Waals surface area contributed by atoms with Crippen molar-refractivity contribution in [3.8, 4) is 5.75 Å². The SMILES string of the molecule is CC=C(C)C(=O)O[C@@H]1[C@@H](OC(=O)[C@]2(C)O[C@H]2C)c2cc3ccc(=O)oc3cc2OC1(C)C. The first-order chi connectivity index (χ1) is 15.0. The minimum absolute atomic E-state index is 0.278. The van der Waals surface area contributed by atoms with Crippen LogP contribution in [0.1, 0.15) is 53.2 Å². The van der Waals surface area contributed by atoms with Gasteiger partial charge in [-0.3, -0.25) is 0 Å². The van der Waals surface area contributed by atoms with E-state index in [-0.39, 0.29) is 6.10 Å². The first kappa shape index (κ1) is 22.1. The molecule has 4 atom stereocenters. The molecule has 0 radical (unpaired) electrons. The van der Waals surface area contributed by atoms with Gasteiger partial charge in [0, 0.05) is 28.7 Å². The molecule has 3 heterocycles. The van der Waals surface area contributed by atoms with Crippen LogP contribution in [-0.2, 0) is 23.8 Å². The van der Waals surface area contributed by atoms with E-state index >= 15 is 0 Å². The van der Waals surface area contributed by atoms with Crippen molar-refractivity contribution in [2.24, 2.45) is 0 Å². The highest BCUT2D eigenvalue weighted by molar-refractivity contribution is 5.88. The quantitative estimate of drug-likeness (QED) is 0.306. The van der Waals surface area contributed by atoms with Crippen LogP contribution in [0, 0.1) is 0 Å². The van der Waals surface area contributed by atoms with Crippen molar-refractivity contribution in [2.45, 2.75) is 71.1 Å². The highest BCUT2D eigenvalue weighted by Crippen LogP contribution is 2.47. The molecule has 0 N–H and O–H groups in total. The molecule has 2 aromatic rings. The molecule has 2 aliphatic heterocycles. The monoisotopic (exact) mass is 442 g/mol. The van der Waals surface area contributed by atoms with Crippen molar-refractivity contribution >= 4 is 22.9 Å². The summed E-state index contributed by atoms with van der Waals surface area (Å²) in [5.74, 6) is -0.713. The van der Waals surface area contributed by atoms with Gasteiger partial charge in [-0.05, 0) is 53.7 Å². The number of carbonyl (C=O) groups excluding carboxylic acids is 2. The van der Waals surface area contributed by atoms with Crippen LogP contribution >= 0.6 is 0 Å². The molecule has 1 saturated heterocycles. The fourth-order valence-corrected chi connectivity index (χ4v) is 3.73. The summed E-state index contributed by atoms with van der Waals surface area (Å²) < 4.78 is 28.6. The number of epoxide rings is 1. The minimum Gasteiger partial charge on any atom is -0.483 e. The normalized spacial score (nSPS) is 28.4. The van der Waals surface area contributed by atoms with E-state index in [2.05, 4.69) is 0 Å². The lowest BCUT2D eigenvalue weighted by molar-refractivity contribution is -0.190. The Morgan fingerprint density at radius 1 is 1.12 bits per heavy atom. The van der Waals surface area contributed by atoms with Crippen LogP contribution in [-0.4, -0.2) is 35.3 Å². The van der Waals surface area contributed by atoms with Crippen LogP contribution in [0.4, 0.5) is 0 Å². The number of carbonyl (C=O) groups is 2. The molecule has 0 saturated carbocycles. The van der Waals surface area contributed by atoms with E-state index in [1.54, 1.807) is 65.8 Å². The topological polar surface area (TPSA) is 105 Å². The second-order valence-corrected chi connectivity index (χ2v) is 8.88. The minimum atomic E-state index is -1.06. The summed E-state index contributed by atoms with van der Waals surface area (Å²) in [6.07, 6.45) is -0.532. The first-order valence-corrected chi connectivity index (χ1v) is 10.5. The molecule has 0 aliphatic carbocycles. The lowest BCUT2D eigenvalue weighted by atomic mass is 9.87. The zero-order valence-electron chi connectivity index (χ0n) is 18.9. The molecule has 0 spiro atoms. The standard InChI is InChI=1S/C24H26O8/c1-7-12(2)21(26)30-20-19(29-22(27)24(6)13(3)31-24)15-10-14-8-9-18(25)28-16(14)11-17(15)32-23(20,4)5/h7-11,13,19-20H,1-6H3/t13-,19-,20+,24+/m0/s1. The third kappa shape index (κ3) is 3.68. The highest BCUT2D eigenvalue weighted by atomic mass is 16.7. The summed E-state index contributed by atoms with van der Waals surface area (Å²) in [4.78, 5) is 37.2. The summed E-state index contributed by atoms with van der Waals surface area (Å²) >= 11 is 0. The molecule has 0 unspecified atom stereocenters. The van der Waals surface area contributed by atoms with E-state index in [0.29, 0.717) is 27.9 Å². The lowest BCUT2D eigenvalue weighted by Gasteiger charge is -2.43. The van der Waals surface area contributed by atoms with Gasteiger partial charge in [-0.25, -0.2) is 14.4 Å². The molecule has 170 valence electrons.